The first-order chi connectivity index (χ1) is 14.0. The Kier molecular flexibility index (Phi) is 7.53. The Bertz CT molecular complexity index is 818. The first kappa shape index (κ1) is 21.6. The number of nitrogens with one attached hydrogen (secondary N) is 1. The molecule has 5 nitrogen and oxygen atoms in total. The van der Waals surface area contributed by atoms with Crippen molar-refractivity contribution in [1.29, 1.82) is 0 Å². The van der Waals surface area contributed by atoms with Gasteiger partial charge in [-0.2, -0.15) is 0 Å². The van der Waals surface area contributed by atoms with E-state index in [0.29, 0.717) is 11.8 Å². The summed E-state index contributed by atoms with van der Waals surface area (Å²) in [4.78, 5) is 23.9. The van der Waals surface area contributed by atoms with Crippen molar-refractivity contribution in [3.8, 4) is 0 Å². The highest BCUT2D eigenvalue weighted by Crippen LogP contribution is 2.28. The van der Waals surface area contributed by atoms with Crippen LogP contribution in [-0.4, -0.2) is 36.0 Å². The Labute approximate surface area is 178 Å². The van der Waals surface area contributed by atoms with E-state index in [1.165, 1.54) is 12.8 Å². The monoisotopic (exact) mass is 412 g/mol. The van der Waals surface area contributed by atoms with Crippen LogP contribution in [0.3, 0.4) is 0 Å². The predicted molar refractivity (Wildman–Crippen MR) is 121 cm³/mol. The van der Waals surface area contributed by atoms with Crippen LogP contribution in [0.5, 0.6) is 0 Å². The maximum atomic E-state index is 12.2. The number of rotatable bonds is 10. The highest BCUT2D eigenvalue weighted by atomic mass is 32.2. The number of nitrogens with zero attached hydrogens (tertiary/aromatic N) is 3. The van der Waals surface area contributed by atoms with Crippen molar-refractivity contribution in [2.45, 2.75) is 56.9 Å². The van der Waals surface area contributed by atoms with Gasteiger partial charge in [-0.15, -0.1) is 0 Å². The van der Waals surface area contributed by atoms with Crippen LogP contribution < -0.4 is 10.2 Å². The van der Waals surface area contributed by atoms with E-state index in [4.69, 9.17) is 9.97 Å². The highest BCUT2D eigenvalue weighted by Gasteiger charge is 2.21. The minimum Gasteiger partial charge on any atom is -0.360 e. The summed E-state index contributed by atoms with van der Waals surface area (Å²) in [6.07, 6.45) is 3.57. The van der Waals surface area contributed by atoms with Crippen LogP contribution in [0.4, 0.5) is 5.82 Å². The SMILES string of the molecule is CCCN(C)c1cc(C(C)C)nc(SCc2ccc(C(=O)NCC3CC3)cc2)n1. The average Bonchev–Trinajstić information content (AvgIpc) is 3.55. The Morgan fingerprint density at radius 2 is 1.97 bits per heavy atom. The highest BCUT2D eigenvalue weighted by molar-refractivity contribution is 7.98. The maximum Gasteiger partial charge on any atom is 0.251 e. The molecule has 0 atom stereocenters. The molecule has 1 heterocycles. The maximum absolute atomic E-state index is 12.2. The molecule has 0 radical (unpaired) electrons. The van der Waals surface area contributed by atoms with Gasteiger partial charge in [0.2, 0.25) is 0 Å². The molecule has 0 unspecified atom stereocenters. The Hall–Kier alpha value is -2.08. The van der Waals surface area contributed by atoms with Crippen molar-refractivity contribution in [2.24, 2.45) is 5.92 Å². The van der Waals surface area contributed by atoms with Gasteiger partial charge in [0, 0.05) is 43.2 Å². The smallest absolute Gasteiger partial charge is 0.251 e. The fraction of sp³-hybridized carbons (Fsp3) is 0.522. The summed E-state index contributed by atoms with van der Waals surface area (Å²) >= 11 is 1.64. The fourth-order valence-electron chi connectivity index (χ4n) is 3.00. The third-order valence-corrected chi connectivity index (χ3v) is 6.00. The molecule has 0 bridgehead atoms. The quantitative estimate of drug-likeness (QED) is 0.445. The van der Waals surface area contributed by atoms with Crippen molar-refractivity contribution in [3.05, 3.63) is 47.2 Å². The van der Waals surface area contributed by atoms with Crippen LogP contribution in [0, 0.1) is 5.92 Å². The molecule has 3 rings (SSSR count). The van der Waals surface area contributed by atoms with Crippen LogP contribution >= 0.6 is 11.8 Å². The number of amides is 1. The molecule has 1 fully saturated rings. The van der Waals surface area contributed by atoms with Crippen molar-refractivity contribution in [2.75, 3.05) is 25.0 Å². The average molecular weight is 413 g/mol. The van der Waals surface area contributed by atoms with Crippen LogP contribution in [0.1, 0.15) is 67.6 Å². The summed E-state index contributed by atoms with van der Waals surface area (Å²) in [7, 11) is 2.08. The molecule has 1 saturated carbocycles. The predicted octanol–water partition coefficient (Wildman–Crippen LogP) is 4.88. The van der Waals surface area contributed by atoms with Crippen LogP contribution in [0.25, 0.3) is 0 Å². The van der Waals surface area contributed by atoms with Crippen molar-refractivity contribution >= 4 is 23.5 Å². The molecule has 6 heteroatoms. The molecule has 0 spiro atoms. The Balaban J connectivity index is 1.62. The fourth-order valence-corrected chi connectivity index (χ4v) is 3.81. The van der Waals surface area contributed by atoms with E-state index in [0.717, 1.165) is 53.1 Å². The van der Waals surface area contributed by atoms with Gasteiger partial charge in [-0.3, -0.25) is 4.79 Å². The van der Waals surface area contributed by atoms with Crippen molar-refractivity contribution in [1.82, 2.24) is 15.3 Å². The van der Waals surface area contributed by atoms with Gasteiger partial charge in [0.1, 0.15) is 5.82 Å². The second kappa shape index (κ2) is 10.1. The van der Waals surface area contributed by atoms with Crippen LogP contribution in [-0.2, 0) is 5.75 Å². The van der Waals surface area contributed by atoms with E-state index in [2.05, 4.69) is 44.1 Å². The van der Waals surface area contributed by atoms with E-state index < -0.39 is 0 Å². The van der Waals surface area contributed by atoms with Gasteiger partial charge in [0.05, 0.1) is 0 Å². The van der Waals surface area contributed by atoms with Crippen molar-refractivity contribution < 1.29 is 4.79 Å². The molecule has 1 amide bonds. The minimum absolute atomic E-state index is 0.0210. The summed E-state index contributed by atoms with van der Waals surface area (Å²) in [6.45, 7) is 8.27. The lowest BCUT2D eigenvalue weighted by Gasteiger charge is -2.19. The molecule has 156 valence electrons. The zero-order valence-electron chi connectivity index (χ0n) is 17.9. The Morgan fingerprint density at radius 3 is 2.59 bits per heavy atom. The van der Waals surface area contributed by atoms with E-state index in [9.17, 15) is 4.79 Å². The number of thioether (sulfide) groups is 1. The third kappa shape index (κ3) is 6.46. The van der Waals surface area contributed by atoms with Gasteiger partial charge in [0.15, 0.2) is 5.16 Å². The lowest BCUT2D eigenvalue weighted by molar-refractivity contribution is 0.0952. The lowest BCUT2D eigenvalue weighted by atomic mass is 10.1. The molecule has 1 aromatic carbocycles. The second-order valence-electron chi connectivity index (χ2n) is 8.15. The van der Waals surface area contributed by atoms with Gasteiger partial charge in [-0.25, -0.2) is 9.97 Å². The van der Waals surface area contributed by atoms with E-state index in [1.54, 1.807) is 11.8 Å². The van der Waals surface area contributed by atoms with Gasteiger partial charge in [-0.1, -0.05) is 44.7 Å². The summed E-state index contributed by atoms with van der Waals surface area (Å²) < 4.78 is 0. The molecule has 1 aliphatic rings. The largest absolute Gasteiger partial charge is 0.360 e. The third-order valence-electron chi connectivity index (χ3n) is 5.09. The minimum atomic E-state index is 0.0210. The molecule has 29 heavy (non-hydrogen) atoms. The molecule has 0 saturated heterocycles. The zero-order valence-corrected chi connectivity index (χ0v) is 18.8. The van der Waals surface area contributed by atoms with Gasteiger partial charge in [-0.05, 0) is 48.8 Å². The topological polar surface area (TPSA) is 58.1 Å². The van der Waals surface area contributed by atoms with Crippen LogP contribution in [0.2, 0.25) is 0 Å². The van der Waals surface area contributed by atoms with Crippen molar-refractivity contribution in [3.63, 3.8) is 0 Å². The molecule has 2 aromatic rings. The number of carbonyl (C=O) groups is 1. The number of anilines is 1. The molecule has 1 N–H and O–H groups in total. The van der Waals surface area contributed by atoms with Gasteiger partial charge in [0.25, 0.3) is 5.91 Å². The molecule has 0 aliphatic heterocycles. The summed E-state index contributed by atoms with van der Waals surface area (Å²) in [6, 6.07) is 9.96. The Morgan fingerprint density at radius 1 is 1.24 bits per heavy atom. The first-order valence-corrected chi connectivity index (χ1v) is 11.5. The molecule has 1 aliphatic carbocycles. The summed E-state index contributed by atoms with van der Waals surface area (Å²) in [5.41, 5.74) is 2.96. The number of carbonyl (C=O) groups excluding carboxylic acids is 1. The normalized spacial score (nSPS) is 13.6. The standard InChI is InChI=1S/C23H32N4OS/c1-5-12-27(4)21-13-20(16(2)3)25-23(26-21)29-15-18-8-10-19(11-9-18)22(28)24-14-17-6-7-17/h8-11,13,16-17H,5-7,12,14-15H2,1-4H3,(H,24,28). The molecule has 1 aromatic heterocycles. The summed E-state index contributed by atoms with van der Waals surface area (Å²) in [5.74, 6) is 2.84. The summed E-state index contributed by atoms with van der Waals surface area (Å²) in [5, 5.41) is 3.82. The zero-order chi connectivity index (χ0) is 20.8. The van der Waals surface area contributed by atoms with E-state index in [-0.39, 0.29) is 5.91 Å². The van der Waals surface area contributed by atoms with E-state index in [1.807, 2.05) is 24.3 Å². The number of hydrogen-bond donors (Lipinski definition) is 1. The van der Waals surface area contributed by atoms with Gasteiger partial charge < -0.3 is 10.2 Å². The molecular weight excluding hydrogens is 380 g/mol. The van der Waals surface area contributed by atoms with Gasteiger partial charge >= 0.3 is 0 Å². The first-order valence-electron chi connectivity index (χ1n) is 10.6. The van der Waals surface area contributed by atoms with E-state index >= 15 is 0 Å². The number of benzene rings is 1. The van der Waals surface area contributed by atoms with Crippen LogP contribution in [0.15, 0.2) is 35.5 Å². The number of aromatic nitrogens is 2. The molecular formula is C23H32N4OS. The number of hydrogen-bond acceptors (Lipinski definition) is 5. The lowest BCUT2D eigenvalue weighted by Crippen LogP contribution is -2.25. The second-order valence-corrected chi connectivity index (χ2v) is 9.09.